The second-order valence-electron chi connectivity index (χ2n) is 2.49. The van der Waals surface area contributed by atoms with E-state index in [-0.39, 0.29) is 11.2 Å². The van der Waals surface area contributed by atoms with Crippen LogP contribution in [0.1, 0.15) is 6.42 Å². The van der Waals surface area contributed by atoms with E-state index in [0.29, 0.717) is 19.6 Å². The molecule has 0 saturated heterocycles. The van der Waals surface area contributed by atoms with Crippen LogP contribution in [0.4, 0.5) is 4.39 Å². The molecule has 1 aromatic rings. The van der Waals surface area contributed by atoms with Crippen molar-refractivity contribution >= 4 is 11.6 Å². The number of hydrogen-bond donors (Lipinski definition) is 0. The zero-order valence-corrected chi connectivity index (χ0v) is 8.42. The molecule has 0 atom stereocenters. The summed E-state index contributed by atoms with van der Waals surface area (Å²) < 4.78 is 22.8. The Morgan fingerprint density at radius 2 is 2.29 bits per heavy atom. The Morgan fingerprint density at radius 1 is 1.50 bits per heavy atom. The molecule has 0 spiro atoms. The number of nitrogens with zero attached hydrogens (tertiary/aromatic N) is 2. The Labute approximate surface area is 86.0 Å². The zero-order valence-electron chi connectivity index (χ0n) is 7.67. The predicted octanol–water partition coefficient (Wildman–Crippen LogP) is 1.68. The maximum atomic E-state index is 12.9. The monoisotopic (exact) mass is 220 g/mol. The molecule has 0 unspecified atom stereocenters. The van der Waals surface area contributed by atoms with Gasteiger partial charge < -0.3 is 9.47 Å². The van der Waals surface area contributed by atoms with Crippen LogP contribution in [0.2, 0.25) is 5.28 Å². The normalized spacial score (nSPS) is 10.2. The van der Waals surface area contributed by atoms with Crippen LogP contribution in [0, 0.1) is 5.82 Å². The van der Waals surface area contributed by atoms with Crippen molar-refractivity contribution in [2.75, 3.05) is 20.3 Å². The second kappa shape index (κ2) is 5.72. The molecule has 14 heavy (non-hydrogen) atoms. The van der Waals surface area contributed by atoms with Gasteiger partial charge in [-0.15, -0.1) is 0 Å². The number of rotatable bonds is 5. The summed E-state index contributed by atoms with van der Waals surface area (Å²) in [6, 6.07) is 0. The van der Waals surface area contributed by atoms with E-state index in [0.717, 1.165) is 6.20 Å². The van der Waals surface area contributed by atoms with E-state index >= 15 is 0 Å². The third kappa shape index (κ3) is 3.43. The van der Waals surface area contributed by atoms with Gasteiger partial charge in [-0.1, -0.05) is 0 Å². The molecule has 0 radical (unpaired) electrons. The lowest BCUT2D eigenvalue weighted by Crippen LogP contribution is -2.04. The molecule has 0 aromatic carbocycles. The summed E-state index contributed by atoms with van der Waals surface area (Å²) in [5.41, 5.74) is 0. The van der Waals surface area contributed by atoms with Crippen molar-refractivity contribution in [1.29, 1.82) is 0 Å². The highest BCUT2D eigenvalue weighted by Gasteiger charge is 2.06. The fraction of sp³-hybridized carbons (Fsp3) is 0.500. The molecule has 4 nitrogen and oxygen atoms in total. The van der Waals surface area contributed by atoms with Gasteiger partial charge in [0.1, 0.15) is 0 Å². The van der Waals surface area contributed by atoms with Crippen molar-refractivity contribution in [1.82, 2.24) is 9.97 Å². The van der Waals surface area contributed by atoms with Gasteiger partial charge in [0.05, 0.1) is 12.8 Å². The molecule has 0 bridgehead atoms. The molecule has 0 aliphatic rings. The van der Waals surface area contributed by atoms with Gasteiger partial charge >= 0.3 is 0 Å². The van der Waals surface area contributed by atoms with Gasteiger partial charge in [0.15, 0.2) is 0 Å². The summed E-state index contributed by atoms with van der Waals surface area (Å²) in [5.74, 6) is -0.743. The highest BCUT2D eigenvalue weighted by Crippen LogP contribution is 2.14. The Balaban J connectivity index is 2.45. The quantitative estimate of drug-likeness (QED) is 0.560. The predicted molar refractivity (Wildman–Crippen MR) is 49.0 cm³/mol. The maximum Gasteiger partial charge on any atom is 0.254 e. The lowest BCUT2D eigenvalue weighted by Gasteiger charge is -2.04. The standard InChI is InChI=1S/C8H10ClFN2O2/c1-13-3-2-4-14-7-6(10)5-11-8(9)12-7/h5H,2-4H2,1H3. The summed E-state index contributed by atoms with van der Waals surface area (Å²) in [6.45, 7) is 0.887. The van der Waals surface area contributed by atoms with Gasteiger partial charge in [0.2, 0.25) is 11.1 Å². The van der Waals surface area contributed by atoms with Crippen LogP contribution in [-0.2, 0) is 4.74 Å². The minimum atomic E-state index is -0.619. The first-order valence-electron chi connectivity index (χ1n) is 4.04. The van der Waals surface area contributed by atoms with E-state index in [1.807, 2.05) is 0 Å². The average Bonchev–Trinajstić information content (AvgIpc) is 2.18. The van der Waals surface area contributed by atoms with E-state index in [9.17, 15) is 4.39 Å². The molecular formula is C8H10ClFN2O2. The molecule has 0 aliphatic carbocycles. The number of methoxy groups -OCH3 is 1. The van der Waals surface area contributed by atoms with Gasteiger partial charge in [-0.3, -0.25) is 0 Å². The third-order valence-electron chi connectivity index (χ3n) is 1.41. The first-order valence-corrected chi connectivity index (χ1v) is 4.41. The van der Waals surface area contributed by atoms with Crippen LogP contribution in [-0.4, -0.2) is 30.3 Å². The van der Waals surface area contributed by atoms with Crippen LogP contribution in [0.25, 0.3) is 0 Å². The SMILES string of the molecule is COCCCOc1nc(Cl)ncc1F. The Bertz CT molecular complexity index is 299. The van der Waals surface area contributed by atoms with Crippen molar-refractivity contribution in [2.24, 2.45) is 0 Å². The molecule has 1 aromatic heterocycles. The van der Waals surface area contributed by atoms with E-state index in [4.69, 9.17) is 21.1 Å². The molecule has 1 rings (SSSR count). The molecular weight excluding hydrogens is 211 g/mol. The number of aromatic nitrogens is 2. The summed E-state index contributed by atoms with van der Waals surface area (Å²) >= 11 is 5.46. The lowest BCUT2D eigenvalue weighted by molar-refractivity contribution is 0.168. The summed E-state index contributed by atoms with van der Waals surface area (Å²) in [5, 5.41) is -0.0341. The van der Waals surface area contributed by atoms with Crippen LogP contribution in [0.5, 0.6) is 5.88 Å². The molecule has 1 heterocycles. The average molecular weight is 221 g/mol. The molecule has 0 saturated carbocycles. The van der Waals surface area contributed by atoms with Crippen LogP contribution >= 0.6 is 11.6 Å². The maximum absolute atomic E-state index is 12.9. The van der Waals surface area contributed by atoms with Crippen LogP contribution in [0.3, 0.4) is 0 Å². The van der Waals surface area contributed by atoms with Crippen LogP contribution in [0.15, 0.2) is 6.20 Å². The van der Waals surface area contributed by atoms with E-state index in [1.165, 1.54) is 0 Å². The minimum absolute atomic E-state index is 0.0341. The fourth-order valence-corrected chi connectivity index (χ4v) is 0.930. The van der Waals surface area contributed by atoms with Crippen molar-refractivity contribution in [3.8, 4) is 5.88 Å². The van der Waals surface area contributed by atoms with Gasteiger partial charge in [-0.25, -0.2) is 4.98 Å². The van der Waals surface area contributed by atoms with Crippen molar-refractivity contribution in [3.05, 3.63) is 17.3 Å². The summed E-state index contributed by atoms with van der Waals surface area (Å²) in [7, 11) is 1.59. The topological polar surface area (TPSA) is 44.2 Å². The van der Waals surface area contributed by atoms with E-state index in [1.54, 1.807) is 7.11 Å². The number of halogens is 2. The molecule has 0 N–H and O–H groups in total. The molecule has 0 fully saturated rings. The first kappa shape index (κ1) is 11.1. The van der Waals surface area contributed by atoms with Gasteiger partial charge in [0, 0.05) is 20.1 Å². The molecule has 6 heteroatoms. The Hall–Kier alpha value is -0.940. The largest absolute Gasteiger partial charge is 0.475 e. The molecule has 78 valence electrons. The van der Waals surface area contributed by atoms with Gasteiger partial charge in [0.25, 0.3) is 5.88 Å². The summed E-state index contributed by atoms with van der Waals surface area (Å²) in [6.07, 6.45) is 1.64. The molecule has 0 amide bonds. The smallest absolute Gasteiger partial charge is 0.254 e. The minimum Gasteiger partial charge on any atom is -0.475 e. The lowest BCUT2D eigenvalue weighted by atomic mass is 10.5. The Kier molecular flexibility index (Phi) is 4.55. The van der Waals surface area contributed by atoms with Crippen molar-refractivity contribution < 1.29 is 13.9 Å². The Morgan fingerprint density at radius 3 is 3.00 bits per heavy atom. The van der Waals surface area contributed by atoms with Gasteiger partial charge in [-0.2, -0.15) is 9.37 Å². The van der Waals surface area contributed by atoms with E-state index in [2.05, 4.69) is 9.97 Å². The van der Waals surface area contributed by atoms with Crippen molar-refractivity contribution in [3.63, 3.8) is 0 Å². The van der Waals surface area contributed by atoms with Crippen molar-refractivity contribution in [2.45, 2.75) is 6.42 Å². The zero-order chi connectivity index (χ0) is 10.4. The first-order chi connectivity index (χ1) is 6.74. The fourth-order valence-electron chi connectivity index (χ4n) is 0.805. The number of ether oxygens (including phenoxy) is 2. The van der Waals surface area contributed by atoms with E-state index < -0.39 is 5.82 Å². The highest BCUT2D eigenvalue weighted by atomic mass is 35.5. The highest BCUT2D eigenvalue weighted by molar-refractivity contribution is 6.28. The second-order valence-corrected chi connectivity index (χ2v) is 2.82. The summed E-state index contributed by atoms with van der Waals surface area (Å²) in [4.78, 5) is 7.05. The number of hydrogen-bond acceptors (Lipinski definition) is 4. The molecule has 0 aliphatic heterocycles. The third-order valence-corrected chi connectivity index (χ3v) is 1.60. The van der Waals surface area contributed by atoms with Crippen LogP contribution < -0.4 is 4.74 Å². The van der Waals surface area contributed by atoms with Gasteiger partial charge in [-0.05, 0) is 11.6 Å².